The lowest BCUT2D eigenvalue weighted by atomic mass is 10.0. The third kappa shape index (κ3) is 3.70. The summed E-state index contributed by atoms with van der Waals surface area (Å²) in [5.41, 5.74) is 0. The molecule has 4 rings (SSSR count). The van der Waals surface area contributed by atoms with Crippen LogP contribution in [0.3, 0.4) is 0 Å². The fourth-order valence-corrected chi connectivity index (χ4v) is 2.04. The van der Waals surface area contributed by atoms with Crippen molar-refractivity contribution in [2.24, 2.45) is 0 Å². The van der Waals surface area contributed by atoms with Crippen LogP contribution in [0, 0.1) is 0 Å². The molecule has 0 amide bonds. The third-order valence-electron chi connectivity index (χ3n) is 3.33. The molecule has 3 aliphatic heterocycles. The summed E-state index contributed by atoms with van der Waals surface area (Å²) in [5, 5.41) is 0. The Morgan fingerprint density at radius 1 is 0.875 bits per heavy atom. The average Bonchev–Trinajstić information content (AvgIpc) is 3.11. The first-order valence-electron chi connectivity index (χ1n) is 6.38. The van der Waals surface area contributed by atoms with Crippen molar-refractivity contribution in [3.8, 4) is 0 Å². The largest absolute Gasteiger partial charge is 0.376 e. The number of fused-ring (bicyclic) bond motifs is 1. The van der Waals surface area contributed by atoms with Crippen molar-refractivity contribution >= 4 is 0 Å². The number of ether oxygens (including phenoxy) is 4. The molecule has 0 aromatic rings. The van der Waals surface area contributed by atoms with Crippen LogP contribution in [0.15, 0.2) is 0 Å². The van der Waals surface area contributed by atoms with Crippen molar-refractivity contribution in [1.29, 1.82) is 0 Å². The van der Waals surface area contributed by atoms with Crippen molar-refractivity contribution in [3.63, 3.8) is 0 Å². The molecule has 3 saturated heterocycles. The van der Waals surface area contributed by atoms with Crippen LogP contribution in [-0.2, 0) is 18.9 Å². The summed E-state index contributed by atoms with van der Waals surface area (Å²) >= 11 is 0. The van der Waals surface area contributed by atoms with E-state index in [0.717, 1.165) is 26.4 Å². The van der Waals surface area contributed by atoms with Gasteiger partial charge in [0.05, 0.1) is 38.6 Å². The molecule has 4 heteroatoms. The number of hydrogen-bond acceptors (Lipinski definition) is 4. The smallest absolute Gasteiger partial charge is 0.104 e. The second kappa shape index (κ2) is 5.00. The molecule has 4 nitrogen and oxygen atoms in total. The van der Waals surface area contributed by atoms with Crippen LogP contribution in [0.1, 0.15) is 25.7 Å². The molecule has 1 saturated carbocycles. The van der Waals surface area contributed by atoms with E-state index in [4.69, 9.17) is 18.9 Å². The Hall–Kier alpha value is -0.160. The fourth-order valence-electron chi connectivity index (χ4n) is 2.04. The molecule has 4 unspecified atom stereocenters. The van der Waals surface area contributed by atoms with E-state index in [1.807, 2.05) is 0 Å². The Morgan fingerprint density at radius 3 is 1.75 bits per heavy atom. The molecule has 0 aromatic carbocycles. The molecular weight excluding hydrogens is 208 g/mol. The van der Waals surface area contributed by atoms with Crippen molar-refractivity contribution in [2.45, 2.75) is 50.1 Å². The third-order valence-corrected chi connectivity index (χ3v) is 3.33. The highest BCUT2D eigenvalue weighted by Crippen LogP contribution is 2.35. The fraction of sp³-hybridized carbons (Fsp3) is 1.00. The lowest BCUT2D eigenvalue weighted by molar-refractivity contribution is 0.102. The molecule has 0 N–H and O–H groups in total. The van der Waals surface area contributed by atoms with E-state index in [-0.39, 0.29) is 0 Å². The van der Waals surface area contributed by atoms with Gasteiger partial charge in [0.2, 0.25) is 0 Å². The SMILES string of the molecule is C(OCC1CO1)C1CO1.C1CCC2OC2C1. The summed E-state index contributed by atoms with van der Waals surface area (Å²) in [5.74, 6) is 0. The van der Waals surface area contributed by atoms with Gasteiger partial charge in [-0.2, -0.15) is 0 Å². The van der Waals surface area contributed by atoms with Crippen LogP contribution in [-0.4, -0.2) is 50.8 Å². The maximum Gasteiger partial charge on any atom is 0.104 e. The standard InChI is InChI=1S/C6H10O3.C6H10O/c1(5-3-8-5)7-2-6-4-9-6;1-2-4-6-5(3-1)7-6/h5-6H,1-4H2;5-6H,1-4H2. The van der Waals surface area contributed by atoms with Crippen LogP contribution in [0.5, 0.6) is 0 Å². The molecular formula is C12H20O4. The van der Waals surface area contributed by atoms with Crippen LogP contribution in [0.25, 0.3) is 0 Å². The van der Waals surface area contributed by atoms with Gasteiger partial charge in [-0.3, -0.25) is 0 Å². The van der Waals surface area contributed by atoms with Crippen molar-refractivity contribution < 1.29 is 18.9 Å². The molecule has 4 atom stereocenters. The van der Waals surface area contributed by atoms with E-state index in [1.165, 1.54) is 25.7 Å². The molecule has 92 valence electrons. The lowest BCUT2D eigenvalue weighted by Gasteiger charge is -2.00. The van der Waals surface area contributed by atoms with Crippen LogP contribution >= 0.6 is 0 Å². The van der Waals surface area contributed by atoms with Gasteiger partial charge >= 0.3 is 0 Å². The monoisotopic (exact) mass is 228 g/mol. The summed E-state index contributed by atoms with van der Waals surface area (Å²) in [7, 11) is 0. The van der Waals surface area contributed by atoms with E-state index >= 15 is 0 Å². The first-order valence-corrected chi connectivity index (χ1v) is 6.38. The zero-order chi connectivity index (χ0) is 10.8. The van der Waals surface area contributed by atoms with Crippen LogP contribution in [0.2, 0.25) is 0 Å². The van der Waals surface area contributed by atoms with E-state index < -0.39 is 0 Å². The van der Waals surface area contributed by atoms with Gasteiger partial charge in [0.25, 0.3) is 0 Å². The van der Waals surface area contributed by atoms with Gasteiger partial charge in [-0.1, -0.05) is 12.8 Å². The molecule has 0 radical (unpaired) electrons. The summed E-state index contributed by atoms with van der Waals surface area (Å²) in [6, 6.07) is 0. The minimum absolute atomic E-state index is 0.392. The first-order chi connectivity index (χ1) is 7.92. The van der Waals surface area contributed by atoms with Gasteiger partial charge in [0.15, 0.2) is 0 Å². The summed E-state index contributed by atoms with van der Waals surface area (Å²) < 4.78 is 20.4. The Bertz CT molecular complexity index is 203. The second-order valence-electron chi connectivity index (χ2n) is 4.95. The summed E-state index contributed by atoms with van der Waals surface area (Å²) in [6.45, 7) is 3.26. The van der Waals surface area contributed by atoms with Gasteiger partial charge in [0.1, 0.15) is 12.2 Å². The quantitative estimate of drug-likeness (QED) is 0.677. The van der Waals surface area contributed by atoms with Gasteiger partial charge in [-0.05, 0) is 12.8 Å². The molecule has 4 fully saturated rings. The molecule has 0 bridgehead atoms. The predicted octanol–water partition coefficient (Wildman–Crippen LogP) is 1.13. The topological polar surface area (TPSA) is 46.8 Å². The highest BCUT2D eigenvalue weighted by atomic mass is 16.6. The van der Waals surface area contributed by atoms with E-state index in [1.54, 1.807) is 0 Å². The lowest BCUT2D eigenvalue weighted by Crippen LogP contribution is -2.06. The molecule has 0 spiro atoms. The zero-order valence-corrected chi connectivity index (χ0v) is 9.60. The van der Waals surface area contributed by atoms with Gasteiger partial charge < -0.3 is 18.9 Å². The minimum Gasteiger partial charge on any atom is -0.376 e. The number of hydrogen-bond donors (Lipinski definition) is 0. The minimum atomic E-state index is 0.392. The normalized spacial score (nSPS) is 42.8. The van der Waals surface area contributed by atoms with Crippen molar-refractivity contribution in [3.05, 3.63) is 0 Å². The van der Waals surface area contributed by atoms with Crippen molar-refractivity contribution in [2.75, 3.05) is 26.4 Å². The van der Waals surface area contributed by atoms with Crippen molar-refractivity contribution in [1.82, 2.24) is 0 Å². The number of rotatable bonds is 4. The molecule has 3 heterocycles. The van der Waals surface area contributed by atoms with Crippen LogP contribution in [0.4, 0.5) is 0 Å². The van der Waals surface area contributed by atoms with E-state index in [2.05, 4.69) is 0 Å². The van der Waals surface area contributed by atoms with E-state index in [0.29, 0.717) is 24.4 Å². The molecule has 16 heavy (non-hydrogen) atoms. The Morgan fingerprint density at radius 2 is 1.38 bits per heavy atom. The maximum atomic E-state index is 5.28. The Labute approximate surface area is 96.2 Å². The molecule has 1 aliphatic carbocycles. The van der Waals surface area contributed by atoms with E-state index in [9.17, 15) is 0 Å². The highest BCUT2D eigenvalue weighted by Gasteiger charge is 2.39. The van der Waals surface area contributed by atoms with Gasteiger partial charge in [-0.25, -0.2) is 0 Å². The van der Waals surface area contributed by atoms with Crippen LogP contribution < -0.4 is 0 Å². The predicted molar refractivity (Wildman–Crippen MR) is 57.4 cm³/mol. The Kier molecular flexibility index (Phi) is 3.43. The zero-order valence-electron chi connectivity index (χ0n) is 9.60. The highest BCUT2D eigenvalue weighted by molar-refractivity contribution is 4.87. The average molecular weight is 228 g/mol. The summed E-state index contributed by atoms with van der Waals surface area (Å²) in [6.07, 6.45) is 7.67. The first kappa shape index (κ1) is 11.0. The molecule has 4 aliphatic rings. The second-order valence-corrected chi connectivity index (χ2v) is 4.95. The Balaban J connectivity index is 0.000000104. The van der Waals surface area contributed by atoms with Gasteiger partial charge in [-0.15, -0.1) is 0 Å². The summed E-state index contributed by atoms with van der Waals surface area (Å²) in [4.78, 5) is 0. The molecule has 0 aromatic heterocycles. The van der Waals surface area contributed by atoms with Gasteiger partial charge in [0, 0.05) is 0 Å². The maximum absolute atomic E-state index is 5.28. The number of epoxide rings is 3.